The van der Waals surface area contributed by atoms with Crippen molar-refractivity contribution in [2.24, 2.45) is 85.6 Å². The van der Waals surface area contributed by atoms with Crippen LogP contribution in [0.3, 0.4) is 0 Å². The molecule has 0 spiro atoms. The average Bonchev–Trinajstić information content (AvgIpc) is 3.97. The van der Waals surface area contributed by atoms with E-state index in [4.69, 9.17) is 15.2 Å². The minimum atomic E-state index is -1.60. The number of hydrogen-bond donors (Lipinski definition) is 10. The third-order valence-corrected chi connectivity index (χ3v) is 22.8. The van der Waals surface area contributed by atoms with Crippen molar-refractivity contribution in [3.63, 3.8) is 0 Å². The molecule has 9 aliphatic rings. The van der Waals surface area contributed by atoms with Crippen LogP contribution in [-0.2, 0) is 19.1 Å². The predicted octanol–water partition coefficient (Wildman–Crippen LogP) is 5.18. The van der Waals surface area contributed by atoms with Gasteiger partial charge in [0.05, 0.1) is 37.2 Å². The van der Waals surface area contributed by atoms with Crippen LogP contribution >= 0.6 is 0 Å². The van der Waals surface area contributed by atoms with E-state index in [0.29, 0.717) is 38.6 Å². The minimum Gasteiger partial charge on any atom is -0.481 e. The summed E-state index contributed by atoms with van der Waals surface area (Å²) in [5.41, 5.74) is 4.66. The van der Waals surface area contributed by atoms with E-state index in [-0.39, 0.29) is 90.9 Å². The molecule has 70 heavy (non-hydrogen) atoms. The molecule has 7 aliphatic carbocycles. The van der Waals surface area contributed by atoms with Gasteiger partial charge >= 0.3 is 5.97 Å². The highest BCUT2D eigenvalue weighted by Crippen LogP contribution is 2.81. The van der Waals surface area contributed by atoms with Gasteiger partial charge in [-0.1, -0.05) is 65.0 Å². The van der Waals surface area contributed by atoms with Crippen molar-refractivity contribution in [2.75, 3.05) is 26.4 Å². The van der Waals surface area contributed by atoms with Crippen molar-refractivity contribution in [2.45, 2.75) is 192 Å². The minimum absolute atomic E-state index is 0.00363. The van der Waals surface area contributed by atoms with Crippen molar-refractivity contribution < 1.29 is 54.8 Å². The number of nitrogens with one attached hydrogen (secondary N) is 2. The van der Waals surface area contributed by atoms with Crippen LogP contribution < -0.4 is 11.1 Å². The number of carbonyl (C=O) groups is 2. The Bertz CT molecular complexity index is 2100. The van der Waals surface area contributed by atoms with Gasteiger partial charge in [0.15, 0.2) is 6.29 Å². The molecule has 0 aromatic carbocycles. The zero-order chi connectivity index (χ0) is 49.8. The summed E-state index contributed by atoms with van der Waals surface area (Å²) in [6.45, 7) is 9.14. The number of aliphatic hydroxyl groups excluding tert-OH is 6. The lowest BCUT2D eigenvalue weighted by molar-refractivity contribution is -0.350. The number of rotatable bonds is 13. The molecule has 2 bridgehead atoms. The third-order valence-electron chi connectivity index (χ3n) is 22.8. The number of carboxylic acids is 1. The van der Waals surface area contributed by atoms with E-state index in [0.717, 1.165) is 82.7 Å². The number of ether oxygens (including phenoxy) is 2. The molecule has 15 nitrogen and oxygen atoms in total. The zero-order valence-electron chi connectivity index (χ0n) is 42.3. The second kappa shape index (κ2) is 18.7. The van der Waals surface area contributed by atoms with Gasteiger partial charge in [0, 0.05) is 42.3 Å². The number of H-pyrrole nitrogens is 1. The Hall–Kier alpha value is -2.47. The Balaban J connectivity index is 1.16. The van der Waals surface area contributed by atoms with E-state index < -0.39 is 75.8 Å². The second-order valence-electron chi connectivity index (χ2n) is 25.7. The fraction of sp³-hybridized carbons (Fsp3) is 0.873. The molecule has 2 aliphatic heterocycles. The predicted molar refractivity (Wildman–Crippen MR) is 259 cm³/mol. The fourth-order valence-corrected chi connectivity index (χ4v) is 19.6. The number of allylic oxidation sites excluding steroid dienone is 2. The molecule has 6 saturated carbocycles. The highest BCUT2D eigenvalue weighted by Gasteiger charge is 2.78. The van der Waals surface area contributed by atoms with Crippen LogP contribution in [0.25, 0.3) is 0 Å². The summed E-state index contributed by atoms with van der Waals surface area (Å²) in [6, 6.07) is -0.280. The summed E-state index contributed by atoms with van der Waals surface area (Å²) in [4.78, 5) is 35.8. The lowest BCUT2D eigenvalue weighted by Gasteiger charge is -2.77. The van der Waals surface area contributed by atoms with Gasteiger partial charge < -0.3 is 61.3 Å². The first-order valence-corrected chi connectivity index (χ1v) is 27.5. The number of amides is 1. The summed E-state index contributed by atoms with van der Waals surface area (Å²) in [5, 5.41) is 84.8. The van der Waals surface area contributed by atoms with Crippen molar-refractivity contribution >= 4 is 11.9 Å². The number of aliphatic hydroxyl groups is 6. The number of hydrogen-bond acceptors (Lipinski definition) is 12. The number of imidazole rings is 1. The van der Waals surface area contributed by atoms with Crippen LogP contribution in [0.5, 0.6) is 0 Å². The Morgan fingerprint density at radius 1 is 0.914 bits per heavy atom. The molecule has 15 heteroatoms. The zero-order valence-corrected chi connectivity index (χ0v) is 42.3. The third kappa shape index (κ3) is 7.36. The summed E-state index contributed by atoms with van der Waals surface area (Å²) in [5.74, 6) is -1.62. The van der Waals surface area contributed by atoms with Crippen molar-refractivity contribution in [1.29, 1.82) is 0 Å². The normalized spacial score (nSPS) is 49.6. The monoisotopic (exact) mass is 979 g/mol. The lowest BCUT2D eigenvalue weighted by atomic mass is 9.28. The van der Waals surface area contributed by atoms with Crippen LogP contribution in [0.4, 0.5) is 0 Å². The van der Waals surface area contributed by atoms with E-state index in [2.05, 4.69) is 42.1 Å². The highest BCUT2D eigenvalue weighted by atomic mass is 16.7. The second-order valence-corrected chi connectivity index (χ2v) is 25.7. The Kier molecular flexibility index (Phi) is 13.6. The molecule has 1 aromatic rings. The molecule has 10 rings (SSSR count). The number of aromatic amines is 1. The van der Waals surface area contributed by atoms with Gasteiger partial charge in [-0.15, -0.1) is 0 Å². The van der Waals surface area contributed by atoms with E-state index in [1.807, 2.05) is 13.1 Å². The average molecular weight is 979 g/mol. The van der Waals surface area contributed by atoms with Gasteiger partial charge in [0.2, 0.25) is 5.91 Å². The molecular formula is C55H86N4O11. The maximum absolute atomic E-state index is 14.1. The van der Waals surface area contributed by atoms with E-state index in [1.54, 1.807) is 6.33 Å². The van der Waals surface area contributed by atoms with E-state index in [9.17, 15) is 45.3 Å². The van der Waals surface area contributed by atoms with Crippen LogP contribution in [0.15, 0.2) is 24.2 Å². The van der Waals surface area contributed by atoms with E-state index >= 15 is 0 Å². The first kappa shape index (κ1) is 51.0. The topological polar surface area (TPSA) is 261 Å². The maximum Gasteiger partial charge on any atom is 0.310 e. The molecule has 392 valence electrons. The van der Waals surface area contributed by atoms with Gasteiger partial charge in [-0.05, 0) is 159 Å². The number of fused-ring (bicyclic) bond motifs is 8. The highest BCUT2D eigenvalue weighted by molar-refractivity contribution is 5.79. The molecule has 21 atom stereocenters. The summed E-state index contributed by atoms with van der Waals surface area (Å²) < 4.78 is 12.8. The van der Waals surface area contributed by atoms with Crippen LogP contribution in [0.2, 0.25) is 0 Å². The molecule has 11 N–H and O–H groups in total. The van der Waals surface area contributed by atoms with Gasteiger partial charge in [-0.2, -0.15) is 0 Å². The van der Waals surface area contributed by atoms with Crippen molar-refractivity contribution in [1.82, 2.24) is 15.3 Å². The summed E-state index contributed by atoms with van der Waals surface area (Å²) >= 11 is 0. The molecule has 0 unspecified atom stereocenters. The molecule has 8 fully saturated rings. The molecular weight excluding hydrogens is 893 g/mol. The number of nitrogens with zero attached hydrogens (tertiary/aromatic N) is 1. The standard InChI is InChI=1S/C55H86N4O11/c1-50(27-60)22-33-13-8-12-32-23-54(33,49(67)68)37(24-50)35-15-16-41-52(3,53(32,35)4)18-17-40-51(2,28-61)47(70-48-46(66)45(65)39(62)26-69-48)44(64)36(55(40,41)31-10-6-5-7-11-31)20-30-21-42(63)59-43(30)34(14-9-19-56)38-25-57-29-58-38/h15,25,29-34,36-37,39-41,43-48,60-62,64-66H,5-14,16-24,26-28,56H2,1-4H3,(H,57,58)(H,59,63)(H,67,68)/t30-,32+,33-,34-,36+,37+,39-,40-,41+,43-,44-,45+,46-,47-,48+,50+,51+,52-,53-,54-,55+/m1/s1. The van der Waals surface area contributed by atoms with Crippen LogP contribution in [-0.4, -0.2) is 127 Å². The number of aromatic nitrogens is 2. The van der Waals surface area contributed by atoms with Gasteiger partial charge in [-0.25, -0.2) is 4.98 Å². The van der Waals surface area contributed by atoms with E-state index in [1.165, 1.54) is 5.57 Å². The molecule has 1 amide bonds. The number of carboxylic acid groups (broad SMARTS) is 1. The number of carbonyl (C=O) groups excluding carboxylic acids is 1. The smallest absolute Gasteiger partial charge is 0.310 e. The fourth-order valence-electron chi connectivity index (χ4n) is 19.6. The Labute approximate surface area is 414 Å². The number of nitrogens with two attached hydrogens (primary N) is 1. The SMILES string of the molecule is C[C@]1(CO)C[C@H]2CCC[C@H]3C[C@]2(C(=O)O)[C@@H](C1)C1=CC[C@@H]2[C@]4(C5CCCCC5)[C@H](CC[C@@]2(C)[C@@]13C)[C@](C)(CO)[C@H](O[C@@H]1OC[C@@H](O)[C@H](O)[C@H]1O)[C@H](O)[C@@H]4C[C@@H]1CC(=O)N[C@H]1[C@H](CCCN)c1cnc[nH]1. The summed E-state index contributed by atoms with van der Waals surface area (Å²) in [7, 11) is 0. The van der Waals surface area contributed by atoms with Gasteiger partial charge in [0.1, 0.15) is 18.3 Å². The lowest BCUT2D eigenvalue weighted by Crippen LogP contribution is -2.75. The Morgan fingerprint density at radius 3 is 2.34 bits per heavy atom. The van der Waals surface area contributed by atoms with Crippen LogP contribution in [0.1, 0.15) is 155 Å². The number of aliphatic carboxylic acids is 1. The first-order chi connectivity index (χ1) is 33.4. The van der Waals surface area contributed by atoms with Crippen molar-refractivity contribution in [3.05, 3.63) is 29.9 Å². The maximum atomic E-state index is 14.1. The Morgan fingerprint density at radius 2 is 1.66 bits per heavy atom. The molecule has 3 heterocycles. The first-order valence-electron chi connectivity index (χ1n) is 27.5. The van der Waals surface area contributed by atoms with Gasteiger partial charge in [-0.3, -0.25) is 9.59 Å². The quantitative estimate of drug-likeness (QED) is 0.0905. The molecule has 1 aromatic heterocycles. The molecule has 2 saturated heterocycles. The summed E-state index contributed by atoms with van der Waals surface area (Å²) in [6.07, 6.45) is 12.2. The largest absolute Gasteiger partial charge is 0.481 e. The molecule has 0 radical (unpaired) electrons. The van der Waals surface area contributed by atoms with Crippen LogP contribution in [0, 0.1) is 79.8 Å². The van der Waals surface area contributed by atoms with Gasteiger partial charge in [0.25, 0.3) is 0 Å². The van der Waals surface area contributed by atoms with Crippen molar-refractivity contribution in [3.8, 4) is 0 Å².